The van der Waals surface area contributed by atoms with E-state index in [1.807, 2.05) is 12.1 Å². The zero-order valence-corrected chi connectivity index (χ0v) is 16.5. The number of amides is 1. The summed E-state index contributed by atoms with van der Waals surface area (Å²) in [4.78, 5) is 18.9. The van der Waals surface area contributed by atoms with E-state index in [-0.39, 0.29) is 5.91 Å². The molecule has 1 saturated heterocycles. The second-order valence-corrected chi connectivity index (χ2v) is 6.80. The topological polar surface area (TPSA) is 66.0 Å². The number of hydrogen-bond donors (Lipinski definition) is 2. The first-order valence-corrected chi connectivity index (χ1v) is 9.64. The predicted molar refractivity (Wildman–Crippen MR) is 112 cm³/mol. The lowest BCUT2D eigenvalue weighted by Gasteiger charge is -2.22. The molecule has 2 aromatic rings. The number of methoxy groups -OCH3 is 1. The molecule has 3 rings (SSSR count). The first kappa shape index (κ1) is 19.7. The number of aliphatic imine (C=N–C) groups is 1. The first-order chi connectivity index (χ1) is 13.7. The van der Waals surface area contributed by atoms with Crippen molar-refractivity contribution in [3.8, 4) is 5.75 Å². The van der Waals surface area contributed by atoms with Crippen LogP contribution >= 0.6 is 0 Å². The number of carbonyl (C=O) groups is 1. The largest absolute Gasteiger partial charge is 0.497 e. The summed E-state index contributed by atoms with van der Waals surface area (Å²) < 4.78 is 5.16. The molecule has 6 heteroatoms. The van der Waals surface area contributed by atoms with Gasteiger partial charge in [-0.15, -0.1) is 0 Å². The van der Waals surface area contributed by atoms with Crippen molar-refractivity contribution in [3.63, 3.8) is 0 Å². The molecule has 1 fully saturated rings. The van der Waals surface area contributed by atoms with Gasteiger partial charge in [0, 0.05) is 44.7 Å². The first-order valence-electron chi connectivity index (χ1n) is 9.64. The van der Waals surface area contributed by atoms with E-state index in [4.69, 9.17) is 4.74 Å². The summed E-state index contributed by atoms with van der Waals surface area (Å²) in [5.41, 5.74) is 1.97. The lowest BCUT2D eigenvalue weighted by atomic mass is 9.99. The average molecular weight is 380 g/mol. The maximum Gasteiger partial charge on any atom is 0.251 e. The molecular weight excluding hydrogens is 352 g/mol. The maximum absolute atomic E-state index is 12.2. The van der Waals surface area contributed by atoms with Crippen molar-refractivity contribution >= 4 is 11.9 Å². The van der Waals surface area contributed by atoms with E-state index in [0.29, 0.717) is 30.3 Å². The molecule has 0 saturated carbocycles. The molecule has 0 aliphatic carbocycles. The Morgan fingerprint density at radius 2 is 1.93 bits per heavy atom. The van der Waals surface area contributed by atoms with E-state index < -0.39 is 0 Å². The van der Waals surface area contributed by atoms with Crippen molar-refractivity contribution in [2.45, 2.75) is 12.3 Å². The minimum absolute atomic E-state index is 0.110. The van der Waals surface area contributed by atoms with Crippen LogP contribution in [0, 0.1) is 0 Å². The van der Waals surface area contributed by atoms with E-state index in [0.717, 1.165) is 25.5 Å². The summed E-state index contributed by atoms with van der Waals surface area (Å²) in [5, 5.41) is 6.27. The van der Waals surface area contributed by atoms with Crippen molar-refractivity contribution in [3.05, 3.63) is 65.7 Å². The van der Waals surface area contributed by atoms with Gasteiger partial charge in [-0.05, 0) is 30.2 Å². The van der Waals surface area contributed by atoms with Gasteiger partial charge in [-0.3, -0.25) is 9.79 Å². The Morgan fingerprint density at radius 1 is 1.14 bits per heavy atom. The summed E-state index contributed by atoms with van der Waals surface area (Å²) in [6.07, 6.45) is 1.12. The molecule has 0 bridgehead atoms. The molecule has 0 radical (unpaired) electrons. The normalized spacial score (nSPS) is 16.7. The van der Waals surface area contributed by atoms with E-state index in [1.165, 1.54) is 5.56 Å². The molecule has 0 spiro atoms. The summed E-state index contributed by atoms with van der Waals surface area (Å²) >= 11 is 0. The van der Waals surface area contributed by atoms with Crippen molar-refractivity contribution in [1.29, 1.82) is 0 Å². The monoisotopic (exact) mass is 380 g/mol. The zero-order chi connectivity index (χ0) is 19.8. The van der Waals surface area contributed by atoms with Crippen LogP contribution in [-0.4, -0.2) is 57.1 Å². The van der Waals surface area contributed by atoms with Crippen LogP contribution < -0.4 is 15.4 Å². The molecular formula is C22H28N4O2. The molecule has 1 unspecified atom stereocenters. The quantitative estimate of drug-likeness (QED) is 0.459. The molecule has 28 heavy (non-hydrogen) atoms. The molecule has 1 atom stereocenters. The maximum atomic E-state index is 12.2. The second kappa shape index (κ2) is 9.78. The Kier molecular flexibility index (Phi) is 6.89. The fourth-order valence-electron chi connectivity index (χ4n) is 3.50. The standard InChI is InChI=1S/C22H28N4O2/c1-23-22(26-14-11-19(16-26)17-7-4-3-5-8-17)25-13-12-24-21(27)18-9-6-10-20(15-18)28-2/h3-10,15,19H,11-14,16H2,1-2H3,(H,23,25)(H,24,27). The number of benzene rings is 2. The molecule has 1 aliphatic rings. The van der Waals surface area contributed by atoms with Gasteiger partial charge in [0.1, 0.15) is 5.75 Å². The van der Waals surface area contributed by atoms with Crippen LogP contribution in [0.3, 0.4) is 0 Å². The summed E-state index contributed by atoms with van der Waals surface area (Å²) in [6, 6.07) is 17.8. The Bertz CT molecular complexity index is 807. The summed E-state index contributed by atoms with van der Waals surface area (Å²) in [6.45, 7) is 3.08. The number of likely N-dealkylation sites (tertiary alicyclic amines) is 1. The van der Waals surface area contributed by atoms with E-state index in [9.17, 15) is 4.79 Å². The SMILES string of the molecule is CN=C(NCCNC(=O)c1cccc(OC)c1)N1CCC(c2ccccc2)C1. The van der Waals surface area contributed by atoms with Crippen LogP contribution in [0.25, 0.3) is 0 Å². The van der Waals surface area contributed by atoms with E-state index >= 15 is 0 Å². The Balaban J connectivity index is 1.44. The van der Waals surface area contributed by atoms with Gasteiger partial charge in [0.2, 0.25) is 0 Å². The molecule has 1 heterocycles. The third kappa shape index (κ3) is 5.03. The van der Waals surface area contributed by atoms with Gasteiger partial charge in [-0.25, -0.2) is 0 Å². The lowest BCUT2D eigenvalue weighted by molar-refractivity contribution is 0.0954. The molecule has 148 valence electrons. The number of nitrogens with zero attached hydrogens (tertiary/aromatic N) is 2. The fourth-order valence-corrected chi connectivity index (χ4v) is 3.50. The van der Waals surface area contributed by atoms with E-state index in [2.05, 4.69) is 50.9 Å². The van der Waals surface area contributed by atoms with Gasteiger partial charge in [0.05, 0.1) is 7.11 Å². The van der Waals surface area contributed by atoms with E-state index in [1.54, 1.807) is 26.3 Å². The highest BCUT2D eigenvalue weighted by molar-refractivity contribution is 5.94. The van der Waals surface area contributed by atoms with Crippen molar-refractivity contribution in [1.82, 2.24) is 15.5 Å². The highest BCUT2D eigenvalue weighted by Gasteiger charge is 2.25. The van der Waals surface area contributed by atoms with Crippen LogP contribution in [0.5, 0.6) is 5.75 Å². The molecule has 2 N–H and O–H groups in total. The number of nitrogens with one attached hydrogen (secondary N) is 2. The summed E-state index contributed by atoms with van der Waals surface area (Å²) in [7, 11) is 3.39. The minimum atomic E-state index is -0.110. The van der Waals surface area contributed by atoms with Gasteiger partial charge in [-0.2, -0.15) is 0 Å². The summed E-state index contributed by atoms with van der Waals surface area (Å²) in [5.74, 6) is 1.98. The van der Waals surface area contributed by atoms with Gasteiger partial charge >= 0.3 is 0 Å². The number of guanidine groups is 1. The third-order valence-electron chi connectivity index (χ3n) is 5.00. The van der Waals surface area contributed by atoms with Gasteiger partial charge < -0.3 is 20.3 Å². The van der Waals surface area contributed by atoms with Crippen LogP contribution in [0.1, 0.15) is 28.3 Å². The van der Waals surface area contributed by atoms with Crippen molar-refractivity contribution < 1.29 is 9.53 Å². The predicted octanol–water partition coefficient (Wildman–Crippen LogP) is 2.49. The van der Waals surface area contributed by atoms with Gasteiger partial charge in [0.25, 0.3) is 5.91 Å². The van der Waals surface area contributed by atoms with Crippen LogP contribution in [0.15, 0.2) is 59.6 Å². The number of rotatable bonds is 6. The molecule has 0 aromatic heterocycles. The number of ether oxygens (including phenoxy) is 1. The highest BCUT2D eigenvalue weighted by Crippen LogP contribution is 2.26. The number of hydrogen-bond acceptors (Lipinski definition) is 3. The zero-order valence-electron chi connectivity index (χ0n) is 16.5. The van der Waals surface area contributed by atoms with Crippen molar-refractivity contribution in [2.75, 3.05) is 40.3 Å². The molecule has 1 aliphatic heterocycles. The molecule has 1 amide bonds. The molecule has 6 nitrogen and oxygen atoms in total. The van der Waals surface area contributed by atoms with Crippen molar-refractivity contribution in [2.24, 2.45) is 4.99 Å². The highest BCUT2D eigenvalue weighted by atomic mass is 16.5. The average Bonchev–Trinajstić information content (AvgIpc) is 3.24. The van der Waals surface area contributed by atoms with Gasteiger partial charge in [0.15, 0.2) is 5.96 Å². The fraction of sp³-hybridized carbons (Fsp3) is 0.364. The number of carbonyl (C=O) groups excluding carboxylic acids is 1. The third-order valence-corrected chi connectivity index (χ3v) is 5.00. The van der Waals surface area contributed by atoms with Gasteiger partial charge in [-0.1, -0.05) is 36.4 Å². The Labute approximate surface area is 166 Å². The Morgan fingerprint density at radius 3 is 2.68 bits per heavy atom. The second-order valence-electron chi connectivity index (χ2n) is 6.80. The van der Waals surface area contributed by atoms with Crippen LogP contribution in [-0.2, 0) is 0 Å². The Hall–Kier alpha value is -3.02. The van der Waals surface area contributed by atoms with Crippen LogP contribution in [0.4, 0.5) is 0 Å². The molecule has 2 aromatic carbocycles. The lowest BCUT2D eigenvalue weighted by Crippen LogP contribution is -2.43. The smallest absolute Gasteiger partial charge is 0.251 e. The van der Waals surface area contributed by atoms with Crippen LogP contribution in [0.2, 0.25) is 0 Å². The minimum Gasteiger partial charge on any atom is -0.497 e.